The Morgan fingerprint density at radius 1 is 1.00 bits per heavy atom. The smallest absolute Gasteiger partial charge is 0.202 e. The van der Waals surface area contributed by atoms with Gasteiger partial charge in [-0.15, -0.1) is 0 Å². The number of ketones is 1. The zero-order valence-corrected chi connectivity index (χ0v) is 16.3. The predicted octanol–water partition coefficient (Wildman–Crippen LogP) is 2.96. The number of rotatable bonds is 3. The highest BCUT2D eigenvalue weighted by atomic mass is 16.6. The summed E-state index contributed by atoms with van der Waals surface area (Å²) in [4.78, 5) is 12.6. The lowest BCUT2D eigenvalue weighted by Crippen LogP contribution is -2.38. The molecule has 31 heavy (non-hydrogen) atoms. The van der Waals surface area contributed by atoms with Gasteiger partial charge >= 0.3 is 0 Å². The fourth-order valence-corrected chi connectivity index (χ4v) is 4.75. The zero-order valence-electron chi connectivity index (χ0n) is 16.3. The Kier molecular flexibility index (Phi) is 3.81. The highest BCUT2D eigenvalue weighted by Crippen LogP contribution is 2.53. The molecule has 156 valence electrons. The summed E-state index contributed by atoms with van der Waals surface area (Å²) in [7, 11) is 0. The number of nitrogens with zero attached hydrogens (tertiary/aromatic N) is 1. The van der Waals surface area contributed by atoms with Gasteiger partial charge in [0.1, 0.15) is 23.7 Å². The molecule has 1 saturated heterocycles. The van der Waals surface area contributed by atoms with Crippen LogP contribution in [0.5, 0.6) is 23.3 Å². The molecule has 7 heteroatoms. The molecule has 0 amide bonds. The number of benzene rings is 2. The normalized spacial score (nSPS) is 25.8. The molecule has 6 rings (SSSR count). The summed E-state index contributed by atoms with van der Waals surface area (Å²) < 4.78 is 12.5. The van der Waals surface area contributed by atoms with Gasteiger partial charge in [0.05, 0.1) is 11.8 Å². The maximum atomic E-state index is 12.6. The van der Waals surface area contributed by atoms with Crippen LogP contribution >= 0.6 is 0 Å². The summed E-state index contributed by atoms with van der Waals surface area (Å²) >= 11 is 0. The lowest BCUT2D eigenvalue weighted by molar-refractivity contribution is -0.117. The predicted molar refractivity (Wildman–Crippen MR) is 110 cm³/mol. The SMILES string of the molecule is O=C1C2=CCc3c(c(O)n(-c4cccc(Oc5ccccc5)c4)c3O)[C@H]2[C@H](O)[C@@H]2O[C@H]12. The van der Waals surface area contributed by atoms with E-state index in [4.69, 9.17) is 9.47 Å². The van der Waals surface area contributed by atoms with Gasteiger partial charge in [0.2, 0.25) is 11.8 Å². The molecule has 3 N–H and O–H groups in total. The van der Waals surface area contributed by atoms with Crippen LogP contribution in [-0.4, -0.2) is 44.0 Å². The number of carbonyl (C=O) groups excluding carboxylic acids is 1. The number of allylic oxidation sites excluding steroid dienone is 1. The molecule has 2 heterocycles. The van der Waals surface area contributed by atoms with E-state index >= 15 is 0 Å². The van der Waals surface area contributed by atoms with Crippen molar-refractivity contribution in [3.8, 4) is 28.9 Å². The molecule has 2 aliphatic carbocycles. The van der Waals surface area contributed by atoms with Gasteiger partial charge in [-0.05, 0) is 30.7 Å². The lowest BCUT2D eigenvalue weighted by atomic mass is 9.73. The Labute approximate surface area is 177 Å². The summed E-state index contributed by atoms with van der Waals surface area (Å²) in [6.45, 7) is 0. The van der Waals surface area contributed by atoms with Gasteiger partial charge in [-0.2, -0.15) is 0 Å². The van der Waals surface area contributed by atoms with Crippen molar-refractivity contribution < 1.29 is 29.6 Å². The quantitative estimate of drug-likeness (QED) is 0.566. The molecule has 1 aliphatic heterocycles. The molecule has 0 radical (unpaired) electrons. The average molecular weight is 417 g/mol. The number of epoxide rings is 1. The van der Waals surface area contributed by atoms with Crippen LogP contribution in [-0.2, 0) is 16.0 Å². The number of hydrogen-bond acceptors (Lipinski definition) is 6. The van der Waals surface area contributed by atoms with Crippen molar-refractivity contribution in [3.63, 3.8) is 0 Å². The molecular weight excluding hydrogens is 398 g/mol. The highest BCUT2D eigenvalue weighted by Gasteiger charge is 2.60. The molecule has 4 atom stereocenters. The Balaban J connectivity index is 1.42. The van der Waals surface area contributed by atoms with Gasteiger partial charge in [-0.3, -0.25) is 9.36 Å². The third-order valence-corrected chi connectivity index (χ3v) is 6.23. The number of aliphatic hydroxyl groups excluding tert-OH is 1. The number of aromatic hydroxyl groups is 2. The fraction of sp³-hybridized carbons (Fsp3) is 0.208. The van der Waals surface area contributed by atoms with Gasteiger partial charge in [0.15, 0.2) is 5.78 Å². The van der Waals surface area contributed by atoms with Crippen molar-refractivity contribution in [2.75, 3.05) is 0 Å². The van der Waals surface area contributed by atoms with E-state index in [0.717, 1.165) is 0 Å². The Bertz CT molecular complexity index is 1240. The number of hydrogen-bond donors (Lipinski definition) is 3. The third kappa shape index (κ3) is 2.64. The molecule has 2 aromatic carbocycles. The van der Waals surface area contributed by atoms with E-state index in [-0.39, 0.29) is 24.0 Å². The number of para-hydroxylation sites is 1. The number of carbonyl (C=O) groups is 1. The Morgan fingerprint density at radius 2 is 1.77 bits per heavy atom. The van der Waals surface area contributed by atoms with Crippen LogP contribution in [0.3, 0.4) is 0 Å². The minimum Gasteiger partial charge on any atom is -0.494 e. The maximum Gasteiger partial charge on any atom is 0.202 e. The van der Waals surface area contributed by atoms with Crippen LogP contribution in [0.1, 0.15) is 17.0 Å². The van der Waals surface area contributed by atoms with E-state index in [2.05, 4.69) is 0 Å². The van der Waals surface area contributed by atoms with Gasteiger partial charge in [-0.25, -0.2) is 0 Å². The van der Waals surface area contributed by atoms with E-state index in [1.165, 1.54) is 4.57 Å². The summed E-state index contributed by atoms with van der Waals surface area (Å²) in [5.41, 5.74) is 1.80. The second-order valence-corrected chi connectivity index (χ2v) is 8.00. The number of fused-ring (bicyclic) bond motifs is 4. The maximum absolute atomic E-state index is 12.6. The fourth-order valence-electron chi connectivity index (χ4n) is 4.75. The first kappa shape index (κ1) is 18.2. The van der Waals surface area contributed by atoms with Gasteiger partial charge < -0.3 is 24.8 Å². The number of aromatic nitrogens is 1. The number of aliphatic hydroxyl groups is 1. The second-order valence-electron chi connectivity index (χ2n) is 8.00. The number of ether oxygens (including phenoxy) is 2. The summed E-state index contributed by atoms with van der Waals surface area (Å²) in [5.74, 6) is -0.0116. The summed E-state index contributed by atoms with van der Waals surface area (Å²) in [6, 6.07) is 16.3. The second kappa shape index (κ2) is 6.47. The van der Waals surface area contributed by atoms with E-state index in [0.29, 0.717) is 33.9 Å². The van der Waals surface area contributed by atoms with Crippen molar-refractivity contribution in [2.45, 2.75) is 30.7 Å². The van der Waals surface area contributed by atoms with Crippen LogP contribution in [0, 0.1) is 0 Å². The van der Waals surface area contributed by atoms with Gasteiger partial charge in [0.25, 0.3) is 0 Å². The number of Topliss-reactive ketones (excluding diaryl/α,β-unsaturated/α-hetero) is 1. The van der Waals surface area contributed by atoms with Crippen molar-refractivity contribution in [1.29, 1.82) is 0 Å². The van der Waals surface area contributed by atoms with Crippen molar-refractivity contribution in [2.24, 2.45) is 0 Å². The molecule has 1 saturated carbocycles. The van der Waals surface area contributed by atoms with Crippen LogP contribution in [0.2, 0.25) is 0 Å². The largest absolute Gasteiger partial charge is 0.494 e. The highest BCUT2D eigenvalue weighted by molar-refractivity contribution is 6.04. The first-order valence-corrected chi connectivity index (χ1v) is 10.1. The van der Waals surface area contributed by atoms with E-state index in [1.807, 2.05) is 30.3 Å². The Morgan fingerprint density at radius 3 is 2.58 bits per heavy atom. The molecular formula is C24H19NO6. The van der Waals surface area contributed by atoms with Crippen LogP contribution in [0.25, 0.3) is 5.69 Å². The monoisotopic (exact) mass is 417 g/mol. The van der Waals surface area contributed by atoms with Crippen molar-refractivity contribution in [3.05, 3.63) is 77.4 Å². The molecule has 0 bridgehead atoms. The molecule has 7 nitrogen and oxygen atoms in total. The molecule has 2 fully saturated rings. The van der Waals surface area contributed by atoms with Gasteiger partial charge in [-0.1, -0.05) is 30.3 Å². The molecule has 0 unspecified atom stereocenters. The molecule has 3 aromatic rings. The van der Waals surface area contributed by atoms with Crippen molar-refractivity contribution >= 4 is 5.78 Å². The molecule has 1 aromatic heterocycles. The Hall–Kier alpha value is -3.55. The third-order valence-electron chi connectivity index (χ3n) is 6.23. The lowest BCUT2D eigenvalue weighted by Gasteiger charge is -2.30. The standard InChI is InChI=1S/C24H19NO6/c26-19-15-9-10-16-18(17(15)20(27)22-21(19)31-22)24(29)25(23(16)28)12-5-4-8-14(11-12)30-13-6-2-1-3-7-13/h1-9,11,17,20-22,27-29H,10H2/t17-,20-,21+,22-/m0/s1. The summed E-state index contributed by atoms with van der Waals surface area (Å²) in [6.07, 6.45) is -0.114. The topological polar surface area (TPSA) is 104 Å². The molecule has 0 spiro atoms. The minimum absolute atomic E-state index is 0.127. The first-order chi connectivity index (χ1) is 15.0. The zero-order chi connectivity index (χ0) is 21.3. The average Bonchev–Trinajstić information content (AvgIpc) is 3.55. The van der Waals surface area contributed by atoms with E-state index in [1.54, 1.807) is 30.3 Å². The first-order valence-electron chi connectivity index (χ1n) is 10.1. The van der Waals surface area contributed by atoms with E-state index < -0.39 is 24.2 Å². The van der Waals surface area contributed by atoms with Crippen LogP contribution < -0.4 is 4.74 Å². The van der Waals surface area contributed by atoms with Crippen molar-refractivity contribution in [1.82, 2.24) is 4.57 Å². The van der Waals surface area contributed by atoms with Crippen LogP contribution in [0.4, 0.5) is 0 Å². The van der Waals surface area contributed by atoms with Crippen LogP contribution in [0.15, 0.2) is 66.2 Å². The molecule has 3 aliphatic rings. The van der Waals surface area contributed by atoms with E-state index in [9.17, 15) is 20.1 Å². The minimum atomic E-state index is -0.957. The summed E-state index contributed by atoms with van der Waals surface area (Å²) in [5, 5.41) is 32.8. The van der Waals surface area contributed by atoms with Gasteiger partial charge in [0, 0.05) is 28.7 Å².